The molecule has 90 valence electrons. The van der Waals surface area contributed by atoms with E-state index < -0.39 is 0 Å². The number of ether oxygens (including phenoxy) is 1. The van der Waals surface area contributed by atoms with Gasteiger partial charge in [0.15, 0.2) is 0 Å². The van der Waals surface area contributed by atoms with Gasteiger partial charge in [-0.05, 0) is 31.0 Å². The first-order chi connectivity index (χ1) is 7.57. The van der Waals surface area contributed by atoms with Crippen molar-refractivity contribution in [3.8, 4) is 0 Å². The molecule has 4 heteroatoms. The Bertz CT molecular complexity index is 340. The third kappa shape index (κ3) is 2.74. The second-order valence-electron chi connectivity index (χ2n) is 4.03. The zero-order valence-electron chi connectivity index (χ0n) is 9.96. The van der Waals surface area contributed by atoms with Crippen LogP contribution in [0, 0.1) is 0 Å². The largest absolute Gasteiger partial charge is 0.376 e. The lowest BCUT2D eigenvalue weighted by Gasteiger charge is -2.35. The summed E-state index contributed by atoms with van der Waals surface area (Å²) in [7, 11) is 1.69. The van der Waals surface area contributed by atoms with Gasteiger partial charge in [0.25, 0.3) is 0 Å². The molecule has 3 nitrogen and oxygen atoms in total. The highest BCUT2D eigenvalue weighted by Crippen LogP contribution is 2.31. The fraction of sp³-hybridized carbons (Fsp3) is 0.500. The van der Waals surface area contributed by atoms with E-state index in [-0.39, 0.29) is 11.6 Å². The van der Waals surface area contributed by atoms with Crippen molar-refractivity contribution in [3.63, 3.8) is 0 Å². The van der Waals surface area contributed by atoms with Crippen molar-refractivity contribution in [2.75, 3.05) is 7.11 Å². The number of benzene rings is 1. The smallest absolute Gasteiger partial charge is 0.0854 e. The Kier molecular flexibility index (Phi) is 4.74. The molecule has 0 fully saturated rings. The predicted octanol–water partition coefficient (Wildman–Crippen LogP) is 2.66. The first kappa shape index (κ1) is 13.5. The molecule has 1 aromatic carbocycles. The Balaban J connectivity index is 3.06. The SMILES string of the molecule is CCC(C)(OC)C(NN)c1cccc(Cl)c1. The van der Waals surface area contributed by atoms with Crippen molar-refractivity contribution >= 4 is 11.6 Å². The van der Waals surface area contributed by atoms with Crippen LogP contribution < -0.4 is 11.3 Å². The summed E-state index contributed by atoms with van der Waals surface area (Å²) < 4.78 is 5.55. The summed E-state index contributed by atoms with van der Waals surface area (Å²) in [6.45, 7) is 4.09. The van der Waals surface area contributed by atoms with Crippen LogP contribution in [0.15, 0.2) is 24.3 Å². The number of hydrazine groups is 1. The van der Waals surface area contributed by atoms with E-state index in [0.717, 1.165) is 12.0 Å². The van der Waals surface area contributed by atoms with Gasteiger partial charge >= 0.3 is 0 Å². The summed E-state index contributed by atoms with van der Waals surface area (Å²) in [6, 6.07) is 7.56. The molecule has 0 spiro atoms. The van der Waals surface area contributed by atoms with Gasteiger partial charge in [-0.3, -0.25) is 11.3 Å². The van der Waals surface area contributed by atoms with E-state index in [1.165, 1.54) is 0 Å². The molecule has 0 amide bonds. The summed E-state index contributed by atoms with van der Waals surface area (Å²) >= 11 is 5.97. The van der Waals surface area contributed by atoms with Crippen LogP contribution in [0.5, 0.6) is 0 Å². The number of nitrogens with one attached hydrogen (secondary N) is 1. The number of nitrogens with two attached hydrogens (primary N) is 1. The molecule has 0 heterocycles. The molecule has 1 rings (SSSR count). The lowest BCUT2D eigenvalue weighted by molar-refractivity contribution is -0.0300. The minimum Gasteiger partial charge on any atom is -0.376 e. The van der Waals surface area contributed by atoms with Crippen LogP contribution in [0.1, 0.15) is 31.9 Å². The van der Waals surface area contributed by atoms with E-state index in [1.54, 1.807) is 7.11 Å². The van der Waals surface area contributed by atoms with Gasteiger partial charge in [-0.25, -0.2) is 0 Å². The zero-order valence-corrected chi connectivity index (χ0v) is 10.7. The number of methoxy groups -OCH3 is 1. The molecule has 0 bridgehead atoms. The van der Waals surface area contributed by atoms with Crippen LogP contribution in [-0.2, 0) is 4.74 Å². The molecule has 0 aliphatic heterocycles. The van der Waals surface area contributed by atoms with Crippen LogP contribution in [0.25, 0.3) is 0 Å². The van der Waals surface area contributed by atoms with Crippen molar-refractivity contribution in [3.05, 3.63) is 34.9 Å². The van der Waals surface area contributed by atoms with Crippen LogP contribution >= 0.6 is 11.6 Å². The quantitative estimate of drug-likeness (QED) is 0.617. The highest BCUT2D eigenvalue weighted by atomic mass is 35.5. The average Bonchev–Trinajstić information content (AvgIpc) is 2.30. The first-order valence-corrected chi connectivity index (χ1v) is 5.72. The number of hydrogen-bond acceptors (Lipinski definition) is 3. The molecule has 0 aliphatic rings. The van der Waals surface area contributed by atoms with E-state index in [9.17, 15) is 0 Å². The van der Waals surface area contributed by atoms with Crippen LogP contribution in [0.2, 0.25) is 5.02 Å². The maximum atomic E-state index is 5.97. The van der Waals surface area contributed by atoms with Crippen molar-refractivity contribution < 1.29 is 4.74 Å². The fourth-order valence-electron chi connectivity index (χ4n) is 1.78. The average molecular weight is 243 g/mol. The predicted molar refractivity (Wildman–Crippen MR) is 67.2 cm³/mol. The molecule has 2 atom stereocenters. The summed E-state index contributed by atoms with van der Waals surface area (Å²) in [6.07, 6.45) is 0.852. The van der Waals surface area contributed by atoms with E-state index in [1.807, 2.05) is 31.2 Å². The second kappa shape index (κ2) is 5.64. The molecule has 0 saturated heterocycles. The van der Waals surface area contributed by atoms with Gasteiger partial charge in [0.1, 0.15) is 0 Å². The molecule has 0 aromatic heterocycles. The molecule has 0 aliphatic carbocycles. The number of hydrogen-bond donors (Lipinski definition) is 2. The molecule has 1 aromatic rings. The Morgan fingerprint density at radius 2 is 2.25 bits per heavy atom. The third-order valence-electron chi connectivity index (χ3n) is 3.13. The Hall–Kier alpha value is -0.610. The van der Waals surface area contributed by atoms with Crippen LogP contribution in [0.3, 0.4) is 0 Å². The highest BCUT2D eigenvalue weighted by molar-refractivity contribution is 6.30. The van der Waals surface area contributed by atoms with Gasteiger partial charge < -0.3 is 4.74 Å². The maximum Gasteiger partial charge on any atom is 0.0854 e. The standard InChI is InChI=1S/C12H19ClN2O/c1-4-12(2,16-3)11(15-14)9-6-5-7-10(13)8-9/h5-8,11,15H,4,14H2,1-3H3. The van der Waals surface area contributed by atoms with Crippen LogP contribution in [0.4, 0.5) is 0 Å². The van der Waals surface area contributed by atoms with Gasteiger partial charge in [0.2, 0.25) is 0 Å². The van der Waals surface area contributed by atoms with Gasteiger partial charge in [0.05, 0.1) is 11.6 Å². The molecule has 0 radical (unpaired) electrons. The molecule has 3 N–H and O–H groups in total. The van der Waals surface area contributed by atoms with Gasteiger partial charge in [0, 0.05) is 12.1 Å². The molecule has 0 saturated carbocycles. The van der Waals surface area contributed by atoms with Gasteiger partial charge in [-0.15, -0.1) is 0 Å². The molecular weight excluding hydrogens is 224 g/mol. The topological polar surface area (TPSA) is 47.3 Å². The molecular formula is C12H19ClN2O. The monoisotopic (exact) mass is 242 g/mol. The minimum atomic E-state index is -0.348. The Morgan fingerprint density at radius 1 is 1.56 bits per heavy atom. The highest BCUT2D eigenvalue weighted by Gasteiger charge is 2.33. The van der Waals surface area contributed by atoms with Crippen molar-refractivity contribution in [2.24, 2.45) is 5.84 Å². The fourth-order valence-corrected chi connectivity index (χ4v) is 1.98. The molecule has 2 unspecified atom stereocenters. The third-order valence-corrected chi connectivity index (χ3v) is 3.36. The lowest BCUT2D eigenvalue weighted by Crippen LogP contribution is -2.45. The number of halogens is 1. The Labute approximate surface area is 102 Å². The van der Waals surface area contributed by atoms with E-state index in [0.29, 0.717) is 5.02 Å². The maximum absolute atomic E-state index is 5.97. The summed E-state index contributed by atoms with van der Waals surface area (Å²) in [5.41, 5.74) is 3.49. The minimum absolute atomic E-state index is 0.0822. The van der Waals surface area contributed by atoms with Crippen molar-refractivity contribution in [2.45, 2.75) is 31.9 Å². The van der Waals surface area contributed by atoms with E-state index >= 15 is 0 Å². The van der Waals surface area contributed by atoms with Crippen molar-refractivity contribution in [1.82, 2.24) is 5.43 Å². The van der Waals surface area contributed by atoms with Gasteiger partial charge in [-0.2, -0.15) is 0 Å². The van der Waals surface area contributed by atoms with E-state index in [4.69, 9.17) is 22.2 Å². The lowest BCUT2D eigenvalue weighted by atomic mass is 9.88. The first-order valence-electron chi connectivity index (χ1n) is 5.34. The number of rotatable bonds is 5. The van der Waals surface area contributed by atoms with Crippen LogP contribution in [-0.4, -0.2) is 12.7 Å². The summed E-state index contributed by atoms with van der Waals surface area (Å²) in [5.74, 6) is 5.62. The Morgan fingerprint density at radius 3 is 2.69 bits per heavy atom. The van der Waals surface area contributed by atoms with Crippen molar-refractivity contribution in [1.29, 1.82) is 0 Å². The second-order valence-corrected chi connectivity index (χ2v) is 4.46. The normalized spacial score (nSPS) is 16.8. The van der Waals surface area contributed by atoms with Gasteiger partial charge in [-0.1, -0.05) is 30.7 Å². The van der Waals surface area contributed by atoms with E-state index in [2.05, 4.69) is 12.3 Å². The summed E-state index contributed by atoms with van der Waals surface area (Å²) in [4.78, 5) is 0. The summed E-state index contributed by atoms with van der Waals surface area (Å²) in [5, 5.41) is 0.701. The molecule has 16 heavy (non-hydrogen) atoms. The zero-order chi connectivity index (χ0) is 12.2.